The van der Waals surface area contributed by atoms with Crippen molar-refractivity contribution in [3.63, 3.8) is 0 Å². The fourth-order valence-corrected chi connectivity index (χ4v) is 3.37. The van der Waals surface area contributed by atoms with E-state index in [0.29, 0.717) is 6.54 Å². The van der Waals surface area contributed by atoms with E-state index in [4.69, 9.17) is 5.73 Å². The maximum atomic E-state index is 5.82. The third kappa shape index (κ3) is 2.02. The van der Waals surface area contributed by atoms with Gasteiger partial charge < -0.3 is 10.6 Å². The highest BCUT2D eigenvalue weighted by molar-refractivity contribution is 7.10. The number of nitrogens with zero attached hydrogens (tertiary/aromatic N) is 2. The highest BCUT2D eigenvalue weighted by atomic mass is 32.1. The molecule has 2 aromatic heterocycles. The molecule has 0 unspecified atom stereocenters. The van der Waals surface area contributed by atoms with Gasteiger partial charge in [0, 0.05) is 47.7 Å². The summed E-state index contributed by atoms with van der Waals surface area (Å²) in [5.74, 6) is 0. The lowest BCUT2D eigenvalue weighted by molar-refractivity contribution is 0.736. The van der Waals surface area contributed by atoms with Crippen molar-refractivity contribution >= 4 is 17.0 Å². The van der Waals surface area contributed by atoms with E-state index in [2.05, 4.69) is 27.4 Å². The predicted molar refractivity (Wildman–Crippen MR) is 75.9 cm³/mol. The van der Waals surface area contributed by atoms with Crippen molar-refractivity contribution in [1.29, 1.82) is 0 Å². The molecule has 0 saturated heterocycles. The van der Waals surface area contributed by atoms with E-state index in [-0.39, 0.29) is 0 Å². The highest BCUT2D eigenvalue weighted by Gasteiger charge is 2.19. The van der Waals surface area contributed by atoms with Gasteiger partial charge in [-0.15, -0.1) is 11.3 Å². The summed E-state index contributed by atoms with van der Waals surface area (Å²) in [6.45, 7) is 4.65. The number of pyridine rings is 1. The van der Waals surface area contributed by atoms with Crippen LogP contribution in [0.2, 0.25) is 0 Å². The summed E-state index contributed by atoms with van der Waals surface area (Å²) in [5.41, 5.74) is 10.7. The molecule has 0 saturated carbocycles. The van der Waals surface area contributed by atoms with Crippen molar-refractivity contribution < 1.29 is 0 Å². The summed E-state index contributed by atoms with van der Waals surface area (Å²) in [6, 6.07) is 4.39. The summed E-state index contributed by atoms with van der Waals surface area (Å²) in [5, 5.41) is 2.19. The van der Waals surface area contributed by atoms with Gasteiger partial charge in [0.2, 0.25) is 0 Å². The van der Waals surface area contributed by atoms with Crippen molar-refractivity contribution in [2.45, 2.75) is 26.4 Å². The van der Waals surface area contributed by atoms with Crippen LogP contribution in [0.1, 0.15) is 21.7 Å². The van der Waals surface area contributed by atoms with Gasteiger partial charge in [-0.2, -0.15) is 0 Å². The van der Waals surface area contributed by atoms with E-state index in [1.165, 1.54) is 16.1 Å². The summed E-state index contributed by atoms with van der Waals surface area (Å²) < 4.78 is 0. The van der Waals surface area contributed by atoms with Gasteiger partial charge in [-0.25, -0.2) is 0 Å². The number of anilines is 1. The average molecular weight is 259 g/mol. The molecule has 2 aromatic rings. The molecule has 0 aromatic carbocycles. The third-order valence-electron chi connectivity index (χ3n) is 3.47. The molecule has 0 amide bonds. The Bertz CT molecular complexity index is 562. The zero-order valence-corrected chi connectivity index (χ0v) is 11.3. The van der Waals surface area contributed by atoms with Crippen LogP contribution in [-0.4, -0.2) is 11.5 Å². The van der Waals surface area contributed by atoms with Gasteiger partial charge in [-0.3, -0.25) is 4.98 Å². The smallest absolute Gasteiger partial charge is 0.0448 e. The summed E-state index contributed by atoms with van der Waals surface area (Å²) in [6.07, 6.45) is 3.05. The van der Waals surface area contributed by atoms with Crippen molar-refractivity contribution in [3.8, 4) is 0 Å². The van der Waals surface area contributed by atoms with E-state index in [9.17, 15) is 0 Å². The normalized spacial score (nSPS) is 14.7. The number of aromatic nitrogens is 1. The zero-order chi connectivity index (χ0) is 12.5. The number of hydrogen-bond acceptors (Lipinski definition) is 4. The van der Waals surface area contributed by atoms with Crippen LogP contribution in [0.25, 0.3) is 0 Å². The molecule has 94 valence electrons. The molecule has 0 atom stereocenters. The average Bonchev–Trinajstić information content (AvgIpc) is 2.85. The molecule has 0 spiro atoms. The lowest BCUT2D eigenvalue weighted by Gasteiger charge is -2.30. The quantitative estimate of drug-likeness (QED) is 0.901. The number of rotatable bonds is 2. The molecule has 3 heterocycles. The zero-order valence-electron chi connectivity index (χ0n) is 10.5. The van der Waals surface area contributed by atoms with Crippen LogP contribution >= 0.6 is 11.3 Å². The molecule has 3 nitrogen and oxygen atoms in total. The van der Waals surface area contributed by atoms with Gasteiger partial charge in [-0.1, -0.05) is 0 Å². The second kappa shape index (κ2) is 4.71. The number of fused-ring (bicyclic) bond motifs is 1. The second-order valence-electron chi connectivity index (χ2n) is 4.70. The topological polar surface area (TPSA) is 42.1 Å². The molecule has 1 aliphatic rings. The molecule has 0 bridgehead atoms. The molecular weight excluding hydrogens is 242 g/mol. The molecule has 1 aliphatic heterocycles. The van der Waals surface area contributed by atoms with E-state index < -0.39 is 0 Å². The number of hydrogen-bond donors (Lipinski definition) is 1. The number of aryl methyl sites for hydroxylation is 1. The molecule has 2 N–H and O–H groups in total. The van der Waals surface area contributed by atoms with E-state index in [0.717, 1.165) is 30.8 Å². The molecule has 4 heteroatoms. The van der Waals surface area contributed by atoms with Crippen LogP contribution in [0.15, 0.2) is 23.7 Å². The van der Waals surface area contributed by atoms with Crippen LogP contribution in [-0.2, 0) is 19.5 Å². The molecule has 0 aliphatic carbocycles. The van der Waals surface area contributed by atoms with Crippen LogP contribution in [0.4, 0.5) is 5.69 Å². The molecule has 0 radical (unpaired) electrons. The number of thiophene rings is 1. The SMILES string of the molecule is Cc1cc(N2CCc3sccc3C2)c(CN)cn1. The summed E-state index contributed by atoms with van der Waals surface area (Å²) in [7, 11) is 0. The lowest BCUT2D eigenvalue weighted by atomic mass is 10.1. The standard InChI is InChI=1S/C14H17N3S/c1-10-6-13(12(7-15)8-16-10)17-4-2-14-11(9-17)3-5-18-14/h3,5-6,8H,2,4,7,9,15H2,1H3. The van der Waals surface area contributed by atoms with Crippen molar-refractivity contribution in [1.82, 2.24) is 4.98 Å². The Hall–Kier alpha value is -1.39. The lowest BCUT2D eigenvalue weighted by Crippen LogP contribution is -2.30. The van der Waals surface area contributed by atoms with E-state index >= 15 is 0 Å². The van der Waals surface area contributed by atoms with Gasteiger partial charge in [0.1, 0.15) is 0 Å². The maximum absolute atomic E-state index is 5.82. The highest BCUT2D eigenvalue weighted by Crippen LogP contribution is 2.29. The van der Waals surface area contributed by atoms with Crippen LogP contribution in [0.5, 0.6) is 0 Å². The molecular formula is C14H17N3S. The summed E-state index contributed by atoms with van der Waals surface area (Å²) >= 11 is 1.87. The first-order valence-electron chi connectivity index (χ1n) is 6.23. The first-order chi connectivity index (χ1) is 8.78. The largest absolute Gasteiger partial charge is 0.366 e. The van der Waals surface area contributed by atoms with Crippen LogP contribution in [0, 0.1) is 6.92 Å². The molecule has 18 heavy (non-hydrogen) atoms. The van der Waals surface area contributed by atoms with E-state index in [1.54, 1.807) is 0 Å². The van der Waals surface area contributed by atoms with Crippen molar-refractivity contribution in [3.05, 3.63) is 45.4 Å². The van der Waals surface area contributed by atoms with Gasteiger partial charge in [-0.05, 0) is 36.4 Å². The first kappa shape index (κ1) is 11.7. The van der Waals surface area contributed by atoms with Gasteiger partial charge in [0.25, 0.3) is 0 Å². The first-order valence-corrected chi connectivity index (χ1v) is 7.11. The Kier molecular flexibility index (Phi) is 3.06. The maximum Gasteiger partial charge on any atom is 0.0448 e. The minimum atomic E-state index is 0.551. The Balaban J connectivity index is 1.94. The van der Waals surface area contributed by atoms with Crippen molar-refractivity contribution in [2.75, 3.05) is 11.4 Å². The minimum absolute atomic E-state index is 0.551. The van der Waals surface area contributed by atoms with Gasteiger partial charge in [0.05, 0.1) is 0 Å². The molecule has 0 fully saturated rings. The van der Waals surface area contributed by atoms with Crippen LogP contribution in [0.3, 0.4) is 0 Å². The Morgan fingerprint density at radius 1 is 1.50 bits per heavy atom. The Morgan fingerprint density at radius 2 is 2.39 bits per heavy atom. The Labute approximate surface area is 111 Å². The predicted octanol–water partition coefficient (Wildman–Crippen LogP) is 2.47. The fraction of sp³-hybridized carbons (Fsp3) is 0.357. The van der Waals surface area contributed by atoms with Gasteiger partial charge in [0.15, 0.2) is 0 Å². The molecule has 3 rings (SSSR count). The van der Waals surface area contributed by atoms with E-state index in [1.807, 2.05) is 24.5 Å². The minimum Gasteiger partial charge on any atom is -0.366 e. The van der Waals surface area contributed by atoms with Crippen molar-refractivity contribution in [2.24, 2.45) is 5.73 Å². The Morgan fingerprint density at radius 3 is 3.22 bits per heavy atom. The second-order valence-corrected chi connectivity index (χ2v) is 5.70. The van der Waals surface area contributed by atoms with Crippen LogP contribution < -0.4 is 10.6 Å². The third-order valence-corrected chi connectivity index (χ3v) is 4.49. The number of nitrogens with two attached hydrogens (primary N) is 1. The monoisotopic (exact) mass is 259 g/mol. The fourth-order valence-electron chi connectivity index (χ4n) is 2.48. The summed E-state index contributed by atoms with van der Waals surface area (Å²) in [4.78, 5) is 8.29. The van der Waals surface area contributed by atoms with Gasteiger partial charge >= 0.3 is 0 Å².